The number of nitrogens with zero attached hydrogens (tertiary/aromatic N) is 3. The number of aliphatic carboxylic acids is 1. The van der Waals surface area contributed by atoms with Crippen LogP contribution < -0.4 is 0 Å². The Bertz CT molecular complexity index is 706. The minimum atomic E-state index is -0.907. The van der Waals surface area contributed by atoms with E-state index >= 15 is 0 Å². The lowest BCUT2D eigenvalue weighted by atomic mass is 10.2. The molecule has 0 atom stereocenters. The van der Waals surface area contributed by atoms with Crippen LogP contribution in [0.2, 0.25) is 0 Å². The summed E-state index contributed by atoms with van der Waals surface area (Å²) in [4.78, 5) is 29.7. The molecule has 2 aromatic rings. The van der Waals surface area contributed by atoms with Crippen molar-refractivity contribution in [2.75, 3.05) is 13.1 Å². The van der Waals surface area contributed by atoms with Crippen molar-refractivity contribution in [3.63, 3.8) is 0 Å². The van der Waals surface area contributed by atoms with Gasteiger partial charge in [0.05, 0.1) is 12.1 Å². The lowest BCUT2D eigenvalue weighted by Gasteiger charge is -2.20. The van der Waals surface area contributed by atoms with Gasteiger partial charge in [-0.25, -0.2) is 4.98 Å². The van der Waals surface area contributed by atoms with Crippen LogP contribution in [0.4, 0.5) is 0 Å². The van der Waals surface area contributed by atoms with Crippen LogP contribution in [0, 0.1) is 6.92 Å². The molecule has 0 saturated carbocycles. The number of pyridine rings is 1. The number of hydrogen-bond donors (Lipinski definition) is 1. The van der Waals surface area contributed by atoms with Gasteiger partial charge in [0, 0.05) is 19.3 Å². The molecule has 0 fully saturated rings. The number of carbonyl (C=O) groups excluding carboxylic acids is 1. The van der Waals surface area contributed by atoms with E-state index in [4.69, 9.17) is 5.11 Å². The Kier molecular flexibility index (Phi) is 4.80. The maximum Gasteiger partial charge on any atom is 0.305 e. The van der Waals surface area contributed by atoms with Gasteiger partial charge in [-0.3, -0.25) is 14.0 Å². The fourth-order valence-corrected chi connectivity index (χ4v) is 2.51. The Morgan fingerprint density at radius 2 is 2.09 bits per heavy atom. The summed E-state index contributed by atoms with van der Waals surface area (Å²) in [6.07, 6.45) is 2.42. The van der Waals surface area contributed by atoms with Gasteiger partial charge in [0.1, 0.15) is 11.3 Å². The molecule has 2 aromatic heterocycles. The number of aromatic nitrogens is 2. The molecule has 118 valence electrons. The SMILES string of the molecule is CCc1nc2c(C)cccn2c1C(=O)N(CC)CCC(=O)O. The fourth-order valence-electron chi connectivity index (χ4n) is 2.51. The lowest BCUT2D eigenvalue weighted by molar-refractivity contribution is -0.137. The predicted octanol–water partition coefficient (Wildman–Crippen LogP) is 2.14. The largest absolute Gasteiger partial charge is 0.481 e. The van der Waals surface area contributed by atoms with Crippen molar-refractivity contribution in [3.05, 3.63) is 35.3 Å². The first kappa shape index (κ1) is 16.0. The highest BCUT2D eigenvalue weighted by molar-refractivity contribution is 5.95. The smallest absolute Gasteiger partial charge is 0.305 e. The molecular formula is C16H21N3O3. The summed E-state index contributed by atoms with van der Waals surface area (Å²) in [5.74, 6) is -1.07. The molecule has 2 rings (SSSR count). The second kappa shape index (κ2) is 6.60. The Hall–Kier alpha value is -2.37. The zero-order valence-corrected chi connectivity index (χ0v) is 13.2. The van der Waals surface area contributed by atoms with Crippen LogP contribution in [0.3, 0.4) is 0 Å². The number of carboxylic acids is 1. The highest BCUT2D eigenvalue weighted by Crippen LogP contribution is 2.18. The highest BCUT2D eigenvalue weighted by Gasteiger charge is 2.23. The van der Waals surface area contributed by atoms with Crippen LogP contribution in [0.25, 0.3) is 5.65 Å². The maximum atomic E-state index is 12.8. The third kappa shape index (κ3) is 2.95. The van der Waals surface area contributed by atoms with E-state index in [9.17, 15) is 9.59 Å². The molecule has 0 bridgehead atoms. The van der Waals surface area contributed by atoms with Gasteiger partial charge in [0.2, 0.25) is 0 Å². The molecule has 0 radical (unpaired) electrons. The van der Waals surface area contributed by atoms with Gasteiger partial charge in [-0.15, -0.1) is 0 Å². The molecule has 0 aliphatic heterocycles. The summed E-state index contributed by atoms with van der Waals surface area (Å²) >= 11 is 0. The number of aryl methyl sites for hydroxylation is 2. The van der Waals surface area contributed by atoms with E-state index in [0.717, 1.165) is 16.9 Å². The first-order valence-corrected chi connectivity index (χ1v) is 7.47. The molecule has 22 heavy (non-hydrogen) atoms. The molecular weight excluding hydrogens is 282 g/mol. The number of hydrogen-bond acceptors (Lipinski definition) is 3. The Balaban J connectivity index is 2.45. The summed E-state index contributed by atoms with van der Waals surface area (Å²) < 4.78 is 1.81. The van der Waals surface area contributed by atoms with Crippen LogP contribution in [0.5, 0.6) is 0 Å². The summed E-state index contributed by atoms with van der Waals surface area (Å²) in [5, 5.41) is 8.82. The number of carbonyl (C=O) groups is 2. The molecule has 0 saturated heterocycles. The minimum absolute atomic E-state index is 0.0587. The van der Waals surface area contributed by atoms with E-state index in [1.54, 1.807) is 9.30 Å². The van der Waals surface area contributed by atoms with Crippen LogP contribution in [0.15, 0.2) is 18.3 Å². The van der Waals surface area contributed by atoms with Crippen molar-refractivity contribution in [2.24, 2.45) is 0 Å². The summed E-state index contributed by atoms with van der Waals surface area (Å²) in [5.41, 5.74) is 3.06. The molecule has 6 heteroatoms. The lowest BCUT2D eigenvalue weighted by Crippen LogP contribution is -2.34. The number of fused-ring (bicyclic) bond motifs is 1. The molecule has 0 unspecified atom stereocenters. The topological polar surface area (TPSA) is 74.9 Å². The average Bonchev–Trinajstić information content (AvgIpc) is 2.87. The molecule has 2 heterocycles. The van der Waals surface area contributed by atoms with Crippen LogP contribution in [-0.4, -0.2) is 44.4 Å². The molecule has 0 aliphatic carbocycles. The van der Waals surface area contributed by atoms with Gasteiger partial charge in [-0.2, -0.15) is 0 Å². The Labute approximate surface area is 129 Å². The van der Waals surface area contributed by atoms with E-state index in [2.05, 4.69) is 4.98 Å². The summed E-state index contributed by atoms with van der Waals surface area (Å²) in [6, 6.07) is 3.84. The van der Waals surface area contributed by atoms with Gasteiger partial charge in [-0.1, -0.05) is 13.0 Å². The number of rotatable bonds is 6. The first-order valence-electron chi connectivity index (χ1n) is 7.47. The van der Waals surface area contributed by atoms with Crippen molar-refractivity contribution < 1.29 is 14.7 Å². The monoisotopic (exact) mass is 303 g/mol. The Morgan fingerprint density at radius 3 is 2.68 bits per heavy atom. The minimum Gasteiger partial charge on any atom is -0.481 e. The maximum absolute atomic E-state index is 12.8. The molecule has 6 nitrogen and oxygen atoms in total. The molecule has 1 amide bonds. The molecule has 0 aliphatic rings. The summed E-state index contributed by atoms with van der Waals surface area (Å²) in [6.45, 7) is 6.43. The van der Waals surface area contributed by atoms with Crippen molar-refractivity contribution in [2.45, 2.75) is 33.6 Å². The molecule has 0 spiro atoms. The first-order chi connectivity index (χ1) is 10.5. The normalized spacial score (nSPS) is 10.9. The zero-order valence-electron chi connectivity index (χ0n) is 13.2. The van der Waals surface area contributed by atoms with Crippen LogP contribution in [-0.2, 0) is 11.2 Å². The third-order valence-corrected chi connectivity index (χ3v) is 3.72. The number of carboxylic acid groups (broad SMARTS) is 1. The van der Waals surface area contributed by atoms with Crippen molar-refractivity contribution >= 4 is 17.5 Å². The average molecular weight is 303 g/mol. The third-order valence-electron chi connectivity index (χ3n) is 3.72. The van der Waals surface area contributed by atoms with Gasteiger partial charge >= 0.3 is 5.97 Å². The van der Waals surface area contributed by atoms with Crippen molar-refractivity contribution in [3.8, 4) is 0 Å². The van der Waals surface area contributed by atoms with Gasteiger partial charge in [0.25, 0.3) is 5.91 Å². The second-order valence-corrected chi connectivity index (χ2v) is 5.17. The predicted molar refractivity (Wildman–Crippen MR) is 83.1 cm³/mol. The molecule has 1 N–H and O–H groups in total. The fraction of sp³-hybridized carbons (Fsp3) is 0.438. The van der Waals surface area contributed by atoms with E-state index in [0.29, 0.717) is 18.7 Å². The summed E-state index contributed by atoms with van der Waals surface area (Å²) in [7, 11) is 0. The van der Waals surface area contributed by atoms with Gasteiger partial charge in [-0.05, 0) is 31.9 Å². The van der Waals surface area contributed by atoms with Crippen molar-refractivity contribution in [1.29, 1.82) is 0 Å². The van der Waals surface area contributed by atoms with E-state index in [1.807, 2.05) is 39.1 Å². The van der Waals surface area contributed by atoms with Crippen LogP contribution >= 0.6 is 0 Å². The van der Waals surface area contributed by atoms with E-state index < -0.39 is 5.97 Å². The van der Waals surface area contributed by atoms with Gasteiger partial charge in [0.15, 0.2) is 0 Å². The number of imidazole rings is 1. The highest BCUT2D eigenvalue weighted by atomic mass is 16.4. The number of amides is 1. The van der Waals surface area contributed by atoms with Crippen LogP contribution in [0.1, 0.15) is 42.0 Å². The quantitative estimate of drug-likeness (QED) is 0.887. The van der Waals surface area contributed by atoms with Gasteiger partial charge < -0.3 is 10.0 Å². The van der Waals surface area contributed by atoms with E-state index in [-0.39, 0.29) is 18.9 Å². The Morgan fingerprint density at radius 1 is 1.36 bits per heavy atom. The zero-order chi connectivity index (χ0) is 16.3. The standard InChI is InChI=1S/C16H21N3O3/c1-4-12-14(16(22)18(5-2)10-8-13(20)21)19-9-6-7-11(3)15(19)17-12/h6-7,9H,4-5,8,10H2,1-3H3,(H,20,21). The molecule has 0 aromatic carbocycles. The second-order valence-electron chi connectivity index (χ2n) is 5.17. The van der Waals surface area contributed by atoms with Crippen molar-refractivity contribution in [1.82, 2.24) is 14.3 Å². The van der Waals surface area contributed by atoms with E-state index in [1.165, 1.54) is 0 Å².